The van der Waals surface area contributed by atoms with Gasteiger partial charge < -0.3 is 14.6 Å². The number of likely N-dealkylation sites (tertiary alicyclic amines) is 1. The van der Waals surface area contributed by atoms with Gasteiger partial charge in [0.05, 0.1) is 12.6 Å². The molecule has 1 aliphatic rings. The third-order valence-corrected chi connectivity index (χ3v) is 4.45. The van der Waals surface area contributed by atoms with E-state index in [4.69, 9.17) is 9.47 Å². The average Bonchev–Trinajstić information content (AvgIpc) is 3.06. The van der Waals surface area contributed by atoms with Gasteiger partial charge in [-0.05, 0) is 11.1 Å². The highest BCUT2D eigenvalue weighted by molar-refractivity contribution is 5.78. The maximum Gasteiger partial charge on any atom is 0.323 e. The number of esters is 2. The number of nitrogens with zero attached hydrogens (tertiary/aromatic N) is 1. The van der Waals surface area contributed by atoms with Crippen LogP contribution in [0, 0.1) is 0 Å². The van der Waals surface area contributed by atoms with E-state index in [0.717, 1.165) is 11.1 Å². The van der Waals surface area contributed by atoms with Crippen molar-refractivity contribution in [2.75, 3.05) is 13.1 Å². The second-order valence-corrected chi connectivity index (χ2v) is 6.57. The van der Waals surface area contributed by atoms with Crippen LogP contribution in [0.25, 0.3) is 0 Å². The molecule has 0 amide bonds. The van der Waals surface area contributed by atoms with Gasteiger partial charge >= 0.3 is 11.9 Å². The predicted octanol–water partition coefficient (Wildman–Crippen LogP) is 1.91. The zero-order chi connectivity index (χ0) is 19.1. The third-order valence-electron chi connectivity index (χ3n) is 4.45. The molecule has 0 spiro atoms. The maximum atomic E-state index is 12.4. The van der Waals surface area contributed by atoms with Crippen LogP contribution in [-0.4, -0.2) is 47.2 Å². The number of β-amino-alcohol motifs (C(OH)–C–C–N with tert-alkyl or cyclic N) is 1. The van der Waals surface area contributed by atoms with Crippen molar-refractivity contribution >= 4 is 11.9 Å². The second-order valence-electron chi connectivity index (χ2n) is 6.57. The number of hydrogen-bond donors (Lipinski definition) is 1. The van der Waals surface area contributed by atoms with Crippen molar-refractivity contribution in [3.63, 3.8) is 0 Å². The van der Waals surface area contributed by atoms with E-state index in [9.17, 15) is 14.7 Å². The van der Waals surface area contributed by atoms with E-state index in [2.05, 4.69) is 0 Å². The lowest BCUT2D eigenvalue weighted by Gasteiger charge is -2.21. The minimum absolute atomic E-state index is 0.0605. The van der Waals surface area contributed by atoms with E-state index in [1.54, 1.807) is 4.90 Å². The van der Waals surface area contributed by atoms with Crippen LogP contribution < -0.4 is 0 Å². The molecule has 2 aromatic rings. The monoisotopic (exact) mass is 369 g/mol. The molecule has 6 heteroatoms. The molecule has 27 heavy (non-hydrogen) atoms. The van der Waals surface area contributed by atoms with Gasteiger partial charge in [0.2, 0.25) is 0 Å². The zero-order valence-corrected chi connectivity index (χ0v) is 15.0. The first kappa shape index (κ1) is 19.1. The smallest absolute Gasteiger partial charge is 0.323 e. The minimum Gasteiger partial charge on any atom is -0.460 e. The first-order valence-electron chi connectivity index (χ1n) is 8.94. The molecule has 0 aliphatic carbocycles. The molecule has 0 saturated carbocycles. The molecule has 1 heterocycles. The molecule has 0 aromatic heterocycles. The van der Waals surface area contributed by atoms with Gasteiger partial charge in [-0.2, -0.15) is 0 Å². The number of hydrogen-bond acceptors (Lipinski definition) is 6. The number of ether oxygens (including phenoxy) is 2. The number of aliphatic hydroxyl groups excluding tert-OH is 1. The van der Waals surface area contributed by atoms with E-state index in [1.807, 2.05) is 60.7 Å². The van der Waals surface area contributed by atoms with Gasteiger partial charge in [-0.25, -0.2) is 0 Å². The van der Waals surface area contributed by atoms with Crippen molar-refractivity contribution in [2.45, 2.75) is 31.8 Å². The Morgan fingerprint density at radius 1 is 0.926 bits per heavy atom. The van der Waals surface area contributed by atoms with Gasteiger partial charge in [0.25, 0.3) is 0 Å². The summed E-state index contributed by atoms with van der Waals surface area (Å²) in [6.45, 7) is 0.526. The van der Waals surface area contributed by atoms with Crippen LogP contribution in [0.3, 0.4) is 0 Å². The van der Waals surface area contributed by atoms with Crippen LogP contribution in [0.5, 0.6) is 0 Å². The van der Waals surface area contributed by atoms with Crippen molar-refractivity contribution in [2.24, 2.45) is 0 Å². The summed E-state index contributed by atoms with van der Waals surface area (Å²) >= 11 is 0. The molecule has 3 rings (SSSR count). The lowest BCUT2D eigenvalue weighted by Crippen LogP contribution is -2.40. The zero-order valence-electron chi connectivity index (χ0n) is 15.0. The van der Waals surface area contributed by atoms with Crippen molar-refractivity contribution < 1.29 is 24.2 Å². The Bertz CT molecular complexity index is 750. The van der Waals surface area contributed by atoms with E-state index in [-0.39, 0.29) is 32.7 Å². The Morgan fingerprint density at radius 2 is 1.48 bits per heavy atom. The molecule has 0 unspecified atom stereocenters. The van der Waals surface area contributed by atoms with Gasteiger partial charge in [0, 0.05) is 13.0 Å². The van der Waals surface area contributed by atoms with Gasteiger partial charge in [0.1, 0.15) is 19.3 Å². The molecule has 1 fully saturated rings. The molecule has 1 aliphatic heterocycles. The van der Waals surface area contributed by atoms with E-state index >= 15 is 0 Å². The van der Waals surface area contributed by atoms with E-state index in [1.165, 1.54) is 0 Å². The van der Waals surface area contributed by atoms with Crippen molar-refractivity contribution in [1.82, 2.24) is 4.90 Å². The van der Waals surface area contributed by atoms with Gasteiger partial charge in [-0.1, -0.05) is 60.7 Å². The van der Waals surface area contributed by atoms with Crippen LogP contribution in [0.1, 0.15) is 17.5 Å². The summed E-state index contributed by atoms with van der Waals surface area (Å²) in [7, 11) is 0. The third kappa shape index (κ3) is 5.64. The van der Waals surface area contributed by atoms with Crippen LogP contribution in [0.15, 0.2) is 60.7 Å². The Kier molecular flexibility index (Phi) is 6.57. The number of rotatable bonds is 7. The largest absolute Gasteiger partial charge is 0.460 e. The highest BCUT2D eigenvalue weighted by atomic mass is 16.5. The van der Waals surface area contributed by atoms with Crippen LogP contribution in [0.2, 0.25) is 0 Å². The predicted molar refractivity (Wildman–Crippen MR) is 98.5 cm³/mol. The lowest BCUT2D eigenvalue weighted by atomic mass is 10.2. The lowest BCUT2D eigenvalue weighted by molar-refractivity contribution is -0.153. The minimum atomic E-state index is -0.666. The molecular weight excluding hydrogens is 346 g/mol. The molecule has 6 nitrogen and oxygen atoms in total. The molecule has 2 aromatic carbocycles. The molecule has 142 valence electrons. The Labute approximate surface area is 158 Å². The van der Waals surface area contributed by atoms with Crippen LogP contribution in [-0.2, 0) is 32.3 Å². The Morgan fingerprint density at radius 3 is 2.07 bits per heavy atom. The number of aliphatic hydroxyl groups is 1. The summed E-state index contributed by atoms with van der Waals surface area (Å²) in [5, 5.41) is 9.92. The number of carbonyl (C=O) groups excluding carboxylic acids is 2. The SMILES string of the molecule is O=C(CN1C[C@@H](O)C[C@H]1C(=O)OCc1ccccc1)OCc1ccccc1. The highest BCUT2D eigenvalue weighted by Gasteiger charge is 2.38. The van der Waals surface area contributed by atoms with E-state index in [0.29, 0.717) is 0 Å². The number of carbonyl (C=O) groups is 2. The topological polar surface area (TPSA) is 76.1 Å². The van der Waals surface area contributed by atoms with Gasteiger partial charge in [-0.3, -0.25) is 14.5 Å². The van der Waals surface area contributed by atoms with Crippen LogP contribution >= 0.6 is 0 Å². The summed E-state index contributed by atoms with van der Waals surface area (Å²) in [6, 6.07) is 18.1. The highest BCUT2D eigenvalue weighted by Crippen LogP contribution is 2.20. The first-order valence-corrected chi connectivity index (χ1v) is 8.94. The normalized spacial score (nSPS) is 19.6. The molecular formula is C21H23NO5. The quantitative estimate of drug-likeness (QED) is 0.752. The van der Waals surface area contributed by atoms with Crippen molar-refractivity contribution in [3.8, 4) is 0 Å². The summed E-state index contributed by atoms with van der Waals surface area (Å²) in [6.07, 6.45) is -0.416. The molecule has 1 N–H and O–H groups in total. The summed E-state index contributed by atoms with van der Waals surface area (Å²) in [5.74, 6) is -0.875. The standard InChI is InChI=1S/C21H23NO5/c23-18-11-19(21(25)27-15-17-9-5-2-6-10-17)22(12-18)13-20(24)26-14-16-7-3-1-4-8-16/h1-10,18-19,23H,11-15H2/t18-,19-/m0/s1. The first-order chi connectivity index (χ1) is 13.1. The van der Waals surface area contributed by atoms with E-state index < -0.39 is 24.1 Å². The van der Waals surface area contributed by atoms with Crippen molar-refractivity contribution in [1.29, 1.82) is 0 Å². The number of benzene rings is 2. The fourth-order valence-corrected chi connectivity index (χ4v) is 3.07. The molecule has 0 bridgehead atoms. The van der Waals surface area contributed by atoms with Gasteiger partial charge in [0.15, 0.2) is 0 Å². The fraction of sp³-hybridized carbons (Fsp3) is 0.333. The summed E-state index contributed by atoms with van der Waals surface area (Å²) < 4.78 is 10.6. The second kappa shape index (κ2) is 9.30. The summed E-state index contributed by atoms with van der Waals surface area (Å²) in [4.78, 5) is 26.2. The Hall–Kier alpha value is -2.70. The maximum absolute atomic E-state index is 12.4. The van der Waals surface area contributed by atoms with Crippen LogP contribution in [0.4, 0.5) is 0 Å². The fourth-order valence-electron chi connectivity index (χ4n) is 3.07. The molecule has 1 saturated heterocycles. The average molecular weight is 369 g/mol. The molecule has 0 radical (unpaired) electrons. The van der Waals surface area contributed by atoms with Crippen molar-refractivity contribution in [3.05, 3.63) is 71.8 Å². The van der Waals surface area contributed by atoms with Gasteiger partial charge in [-0.15, -0.1) is 0 Å². The Balaban J connectivity index is 1.50. The summed E-state index contributed by atoms with van der Waals surface area (Å²) in [5.41, 5.74) is 1.78. The molecule has 2 atom stereocenters.